The number of rotatable bonds is 5. The van der Waals surface area contributed by atoms with Gasteiger partial charge in [-0.1, -0.05) is 40.3 Å². The van der Waals surface area contributed by atoms with Crippen LogP contribution in [0.1, 0.15) is 64.9 Å². The van der Waals surface area contributed by atoms with Crippen molar-refractivity contribution in [1.82, 2.24) is 5.32 Å². The van der Waals surface area contributed by atoms with Crippen molar-refractivity contribution >= 4 is 34.2 Å². The molecule has 5 nitrogen and oxygen atoms in total. The lowest BCUT2D eigenvalue weighted by molar-refractivity contribution is -0.119. The predicted octanol–water partition coefficient (Wildman–Crippen LogP) is 5.84. The van der Waals surface area contributed by atoms with E-state index in [4.69, 9.17) is 9.47 Å². The molecule has 0 fully saturated rings. The van der Waals surface area contributed by atoms with Crippen LogP contribution in [-0.2, 0) is 9.59 Å². The number of nitrogens with one attached hydrogen (secondary N) is 1. The Bertz CT molecular complexity index is 1060. The molecule has 0 saturated carbocycles. The molecule has 0 radical (unpaired) electrons. The van der Waals surface area contributed by atoms with Crippen LogP contribution in [0.2, 0.25) is 0 Å². The number of benzene rings is 1. The van der Waals surface area contributed by atoms with E-state index in [0.29, 0.717) is 30.9 Å². The number of hydrogen-bond acceptors (Lipinski definition) is 5. The summed E-state index contributed by atoms with van der Waals surface area (Å²) in [6, 6.07) is 3.94. The standard InChI is InChI=1S/C27H32INO4/c1-7-8-33-25-16(28)9-15(10-21(25)32-6)22-23-17(11-26(2,3)13-19(23)30)29-18-12-27(4,5)14-20(31)24(18)22/h7,9-10,22,29H,1,8,11-14H2,2-6H3. The van der Waals surface area contributed by atoms with Gasteiger partial charge >= 0.3 is 0 Å². The monoisotopic (exact) mass is 561 g/mol. The molecule has 6 heteroatoms. The first kappa shape index (κ1) is 24.0. The van der Waals surface area contributed by atoms with Gasteiger partial charge in [0.25, 0.3) is 0 Å². The van der Waals surface area contributed by atoms with E-state index in [2.05, 4.69) is 62.2 Å². The molecule has 0 saturated heterocycles. The number of dihydropyridines is 1. The van der Waals surface area contributed by atoms with Crippen LogP contribution in [0.15, 0.2) is 47.3 Å². The second kappa shape index (κ2) is 8.60. The van der Waals surface area contributed by atoms with Gasteiger partial charge in [0.15, 0.2) is 23.1 Å². The lowest BCUT2D eigenvalue weighted by atomic mass is 9.64. The molecule has 1 aromatic carbocycles. The highest BCUT2D eigenvalue weighted by molar-refractivity contribution is 14.1. The molecule has 0 spiro atoms. The summed E-state index contributed by atoms with van der Waals surface area (Å²) in [6.45, 7) is 12.6. The molecule has 1 N–H and O–H groups in total. The third kappa shape index (κ3) is 4.51. The predicted molar refractivity (Wildman–Crippen MR) is 137 cm³/mol. The van der Waals surface area contributed by atoms with Crippen LogP contribution in [0.5, 0.6) is 11.5 Å². The molecular formula is C27H32INO4. The van der Waals surface area contributed by atoms with Gasteiger partial charge in [-0.2, -0.15) is 0 Å². The van der Waals surface area contributed by atoms with E-state index in [0.717, 1.165) is 44.5 Å². The van der Waals surface area contributed by atoms with Gasteiger partial charge in [0.2, 0.25) is 0 Å². The third-order valence-corrected chi connectivity index (χ3v) is 7.45. The molecular weight excluding hydrogens is 529 g/mol. The summed E-state index contributed by atoms with van der Waals surface area (Å²) in [6.07, 6.45) is 4.20. The van der Waals surface area contributed by atoms with E-state index in [1.54, 1.807) is 13.2 Å². The van der Waals surface area contributed by atoms with E-state index >= 15 is 0 Å². The average molecular weight is 561 g/mol. The lowest BCUT2D eigenvalue weighted by Crippen LogP contribution is -2.42. The average Bonchev–Trinajstić information content (AvgIpc) is 2.68. The Labute approximate surface area is 209 Å². The summed E-state index contributed by atoms with van der Waals surface area (Å²) in [5, 5.41) is 3.56. The maximum atomic E-state index is 13.5. The molecule has 1 aromatic rings. The van der Waals surface area contributed by atoms with Crippen molar-refractivity contribution in [2.45, 2.75) is 59.3 Å². The van der Waals surface area contributed by atoms with Crippen molar-refractivity contribution in [2.75, 3.05) is 13.7 Å². The van der Waals surface area contributed by atoms with Gasteiger partial charge in [0.05, 0.1) is 10.7 Å². The lowest BCUT2D eigenvalue weighted by Gasteiger charge is -2.44. The van der Waals surface area contributed by atoms with Crippen molar-refractivity contribution in [3.05, 3.63) is 56.5 Å². The number of methoxy groups -OCH3 is 1. The third-order valence-electron chi connectivity index (χ3n) is 6.65. The second-order valence-electron chi connectivity index (χ2n) is 10.9. The molecule has 1 aliphatic heterocycles. The minimum absolute atomic E-state index is 0.115. The van der Waals surface area contributed by atoms with Crippen molar-refractivity contribution in [1.29, 1.82) is 0 Å². The molecule has 1 heterocycles. The minimum Gasteiger partial charge on any atom is -0.493 e. The summed E-state index contributed by atoms with van der Waals surface area (Å²) in [4.78, 5) is 27.0. The van der Waals surface area contributed by atoms with Crippen LogP contribution in [-0.4, -0.2) is 25.3 Å². The zero-order valence-corrected chi connectivity index (χ0v) is 22.2. The first-order valence-corrected chi connectivity index (χ1v) is 12.4. The Balaban J connectivity index is 1.92. The molecule has 0 unspecified atom stereocenters. The fraction of sp³-hybridized carbons (Fsp3) is 0.481. The van der Waals surface area contributed by atoms with Gasteiger partial charge in [-0.05, 0) is 64.0 Å². The smallest absolute Gasteiger partial charge is 0.174 e. The number of hydrogen-bond donors (Lipinski definition) is 1. The number of ketones is 2. The highest BCUT2D eigenvalue weighted by Crippen LogP contribution is 2.52. The summed E-state index contributed by atoms with van der Waals surface area (Å²) in [5.74, 6) is 1.08. The van der Waals surface area contributed by atoms with E-state index in [-0.39, 0.29) is 28.3 Å². The first-order chi connectivity index (χ1) is 15.5. The Morgan fingerprint density at radius 3 is 2.06 bits per heavy atom. The summed E-state index contributed by atoms with van der Waals surface area (Å²) in [5.41, 5.74) is 4.06. The summed E-state index contributed by atoms with van der Waals surface area (Å²) < 4.78 is 12.4. The zero-order valence-electron chi connectivity index (χ0n) is 20.1. The van der Waals surface area contributed by atoms with Gasteiger partial charge < -0.3 is 14.8 Å². The second-order valence-corrected chi connectivity index (χ2v) is 12.0. The maximum Gasteiger partial charge on any atom is 0.174 e. The van der Waals surface area contributed by atoms with E-state index < -0.39 is 0 Å². The van der Waals surface area contributed by atoms with Gasteiger partial charge in [0.1, 0.15) is 6.61 Å². The Morgan fingerprint density at radius 2 is 1.58 bits per heavy atom. The molecule has 33 heavy (non-hydrogen) atoms. The van der Waals surface area contributed by atoms with Crippen LogP contribution in [0.4, 0.5) is 0 Å². The number of halogens is 1. The summed E-state index contributed by atoms with van der Waals surface area (Å²) in [7, 11) is 1.61. The molecule has 0 amide bonds. The highest BCUT2D eigenvalue weighted by atomic mass is 127. The maximum absolute atomic E-state index is 13.5. The van der Waals surface area contributed by atoms with E-state index in [1.807, 2.05) is 12.1 Å². The van der Waals surface area contributed by atoms with E-state index in [1.165, 1.54) is 0 Å². The van der Waals surface area contributed by atoms with Crippen LogP contribution in [0.3, 0.4) is 0 Å². The Kier molecular flexibility index (Phi) is 6.27. The largest absolute Gasteiger partial charge is 0.493 e. The fourth-order valence-electron chi connectivity index (χ4n) is 5.41. The van der Waals surface area contributed by atoms with Gasteiger partial charge in [-0.25, -0.2) is 0 Å². The fourth-order valence-corrected chi connectivity index (χ4v) is 6.19. The summed E-state index contributed by atoms with van der Waals surface area (Å²) >= 11 is 2.23. The molecule has 3 aliphatic rings. The van der Waals surface area contributed by atoms with Crippen LogP contribution < -0.4 is 14.8 Å². The Hall–Kier alpha value is -2.09. The van der Waals surface area contributed by atoms with Gasteiger partial charge in [-0.3, -0.25) is 9.59 Å². The molecule has 2 aliphatic carbocycles. The molecule has 176 valence electrons. The topological polar surface area (TPSA) is 64.6 Å². The van der Waals surface area contributed by atoms with Crippen molar-refractivity contribution in [3.63, 3.8) is 0 Å². The number of Topliss-reactive ketones (excluding diaryl/α,β-unsaturated/α-hetero) is 2. The quantitative estimate of drug-likeness (QED) is 0.362. The van der Waals surface area contributed by atoms with Crippen molar-refractivity contribution in [2.24, 2.45) is 10.8 Å². The SMILES string of the molecule is C=CCOc1c(I)cc(C2C3=C(CC(C)(C)CC3=O)NC3=C2C(=O)CC(C)(C)C3)cc1OC. The molecule has 0 bridgehead atoms. The number of allylic oxidation sites excluding steroid dienone is 4. The molecule has 4 rings (SSSR count). The minimum atomic E-state index is -0.390. The zero-order chi connectivity index (χ0) is 24.1. The number of carbonyl (C=O) groups is 2. The molecule has 0 aromatic heterocycles. The van der Waals surface area contributed by atoms with Crippen molar-refractivity contribution < 1.29 is 19.1 Å². The first-order valence-electron chi connectivity index (χ1n) is 11.4. The van der Waals surface area contributed by atoms with E-state index in [9.17, 15) is 9.59 Å². The number of ether oxygens (including phenoxy) is 2. The van der Waals surface area contributed by atoms with Gasteiger partial charge in [0, 0.05) is 41.3 Å². The highest BCUT2D eigenvalue weighted by Gasteiger charge is 2.46. The normalized spacial score (nSPS) is 21.9. The van der Waals surface area contributed by atoms with Crippen LogP contribution in [0.25, 0.3) is 0 Å². The Morgan fingerprint density at radius 1 is 1.03 bits per heavy atom. The van der Waals surface area contributed by atoms with Gasteiger partial charge in [-0.15, -0.1) is 0 Å². The van der Waals surface area contributed by atoms with Crippen LogP contribution in [0, 0.1) is 14.4 Å². The van der Waals surface area contributed by atoms with Crippen LogP contribution >= 0.6 is 22.6 Å². The molecule has 0 atom stereocenters. The number of carbonyl (C=O) groups excluding carboxylic acids is 2. The van der Waals surface area contributed by atoms with Crippen molar-refractivity contribution in [3.8, 4) is 11.5 Å².